The van der Waals surface area contributed by atoms with Crippen molar-refractivity contribution in [1.29, 1.82) is 0 Å². The second-order valence-electron chi connectivity index (χ2n) is 10.1. The number of fused-ring (bicyclic) bond motifs is 1. The van der Waals surface area contributed by atoms with Crippen LogP contribution in [-0.2, 0) is 9.53 Å². The second kappa shape index (κ2) is 8.06. The molecule has 0 bridgehead atoms. The number of piperidine rings is 1. The first-order chi connectivity index (χ1) is 13.4. The van der Waals surface area contributed by atoms with Crippen LogP contribution >= 0.6 is 0 Å². The monoisotopic (exact) mass is 384 g/mol. The van der Waals surface area contributed by atoms with Gasteiger partial charge in [0.05, 0.1) is 5.92 Å². The Hall–Kier alpha value is -1.55. The molecule has 3 fully saturated rings. The van der Waals surface area contributed by atoms with E-state index in [1.165, 1.54) is 56.2 Å². The molecule has 1 aromatic rings. The molecule has 0 spiro atoms. The third kappa shape index (κ3) is 4.53. The lowest BCUT2D eigenvalue weighted by atomic mass is 9.78. The number of hydrogen-bond donors (Lipinski definition) is 2. The zero-order valence-electron chi connectivity index (χ0n) is 17.7. The van der Waals surface area contributed by atoms with Gasteiger partial charge in [-0.3, -0.25) is 4.79 Å². The first-order valence-electron chi connectivity index (χ1n) is 11.2. The largest absolute Gasteiger partial charge is 0.460 e. The van der Waals surface area contributed by atoms with Crippen molar-refractivity contribution in [3.63, 3.8) is 0 Å². The highest BCUT2D eigenvalue weighted by Gasteiger charge is 2.44. The van der Waals surface area contributed by atoms with Crippen molar-refractivity contribution in [3.05, 3.63) is 29.8 Å². The van der Waals surface area contributed by atoms with Crippen LogP contribution in [0.5, 0.6) is 0 Å². The number of carbonyl (C=O) groups is 1. The predicted molar refractivity (Wildman–Crippen MR) is 113 cm³/mol. The summed E-state index contributed by atoms with van der Waals surface area (Å²) in [6.07, 6.45) is 9.88. The predicted octanol–water partition coefficient (Wildman–Crippen LogP) is 5.20. The van der Waals surface area contributed by atoms with Crippen LogP contribution in [0.2, 0.25) is 0 Å². The van der Waals surface area contributed by atoms with Crippen LogP contribution in [0.4, 0.5) is 5.69 Å². The standard InChI is InChI=1S/C24H36N2O2/c1-24(2,3)28-23(27)20-15-17-7-6-10-21(17)26-22(20)16-11-13-19(14-12-16)25-18-8-4-5-9-18/h11-14,17-18,20-22,25-26H,4-10,15H2,1-3H3/t17-,20+,21-,22+/m1/s1. The molecule has 1 saturated heterocycles. The van der Waals surface area contributed by atoms with E-state index in [2.05, 4.69) is 34.9 Å². The molecule has 4 nitrogen and oxygen atoms in total. The van der Waals surface area contributed by atoms with Gasteiger partial charge in [-0.1, -0.05) is 31.4 Å². The summed E-state index contributed by atoms with van der Waals surface area (Å²) in [5.41, 5.74) is 1.96. The van der Waals surface area contributed by atoms with E-state index >= 15 is 0 Å². The summed E-state index contributed by atoms with van der Waals surface area (Å²) in [6, 6.07) is 9.97. The van der Waals surface area contributed by atoms with E-state index in [1.54, 1.807) is 0 Å². The van der Waals surface area contributed by atoms with Gasteiger partial charge in [0.25, 0.3) is 0 Å². The molecule has 2 saturated carbocycles. The molecule has 1 aliphatic heterocycles. The average Bonchev–Trinajstić information content (AvgIpc) is 3.31. The number of esters is 1. The van der Waals surface area contributed by atoms with Crippen molar-refractivity contribution in [3.8, 4) is 0 Å². The van der Waals surface area contributed by atoms with Gasteiger partial charge < -0.3 is 15.4 Å². The van der Waals surface area contributed by atoms with Crippen LogP contribution in [0.15, 0.2) is 24.3 Å². The molecule has 0 amide bonds. The fraction of sp³-hybridized carbons (Fsp3) is 0.708. The van der Waals surface area contributed by atoms with Gasteiger partial charge in [-0.15, -0.1) is 0 Å². The van der Waals surface area contributed by atoms with Crippen molar-refractivity contribution >= 4 is 11.7 Å². The Morgan fingerprint density at radius 2 is 1.75 bits per heavy atom. The van der Waals surface area contributed by atoms with Gasteiger partial charge in [0.15, 0.2) is 0 Å². The zero-order chi connectivity index (χ0) is 19.7. The fourth-order valence-corrected chi connectivity index (χ4v) is 5.38. The van der Waals surface area contributed by atoms with Crippen molar-refractivity contribution in [1.82, 2.24) is 5.32 Å². The van der Waals surface area contributed by atoms with Crippen LogP contribution in [0.1, 0.15) is 83.7 Å². The fourth-order valence-electron chi connectivity index (χ4n) is 5.38. The minimum absolute atomic E-state index is 0.0507. The maximum atomic E-state index is 13.0. The zero-order valence-corrected chi connectivity index (χ0v) is 17.7. The van der Waals surface area contributed by atoms with Gasteiger partial charge in [0.2, 0.25) is 0 Å². The maximum absolute atomic E-state index is 13.0. The quantitative estimate of drug-likeness (QED) is 0.700. The molecule has 4 rings (SSSR count). The third-order valence-electron chi connectivity index (χ3n) is 6.72. The normalized spacial score (nSPS) is 30.8. The minimum Gasteiger partial charge on any atom is -0.460 e. The number of benzene rings is 1. The summed E-state index contributed by atoms with van der Waals surface area (Å²) in [5.74, 6) is 0.452. The van der Waals surface area contributed by atoms with Gasteiger partial charge in [-0.05, 0) is 76.5 Å². The molecule has 1 aromatic carbocycles. The molecule has 1 heterocycles. The van der Waals surface area contributed by atoms with Crippen LogP contribution in [0.25, 0.3) is 0 Å². The summed E-state index contributed by atoms with van der Waals surface area (Å²) in [7, 11) is 0. The van der Waals surface area contributed by atoms with Crippen LogP contribution in [-0.4, -0.2) is 23.7 Å². The number of hydrogen-bond acceptors (Lipinski definition) is 4. The van der Waals surface area contributed by atoms with Gasteiger partial charge in [0, 0.05) is 23.8 Å². The molecule has 2 N–H and O–H groups in total. The van der Waals surface area contributed by atoms with E-state index in [0.717, 1.165) is 6.42 Å². The number of anilines is 1. The Bertz CT molecular complexity index is 673. The van der Waals surface area contributed by atoms with Gasteiger partial charge in [-0.2, -0.15) is 0 Å². The molecule has 4 heteroatoms. The van der Waals surface area contributed by atoms with Crippen LogP contribution in [0.3, 0.4) is 0 Å². The van der Waals surface area contributed by atoms with Crippen LogP contribution < -0.4 is 10.6 Å². The van der Waals surface area contributed by atoms with Crippen molar-refractivity contribution in [2.24, 2.45) is 11.8 Å². The lowest BCUT2D eigenvalue weighted by molar-refractivity contribution is -0.163. The third-order valence-corrected chi connectivity index (χ3v) is 6.72. The molecule has 3 aliphatic rings. The Kier molecular flexibility index (Phi) is 5.69. The molecule has 4 atom stereocenters. The van der Waals surface area contributed by atoms with Gasteiger partial charge >= 0.3 is 5.97 Å². The van der Waals surface area contributed by atoms with Crippen molar-refractivity contribution in [2.75, 3.05) is 5.32 Å². The van der Waals surface area contributed by atoms with E-state index in [4.69, 9.17) is 4.74 Å². The molecule has 154 valence electrons. The van der Waals surface area contributed by atoms with E-state index in [0.29, 0.717) is 18.0 Å². The highest BCUT2D eigenvalue weighted by molar-refractivity contribution is 5.74. The number of ether oxygens (including phenoxy) is 1. The first-order valence-corrected chi connectivity index (χ1v) is 11.2. The first kappa shape index (κ1) is 19.8. The van der Waals surface area contributed by atoms with Crippen molar-refractivity contribution < 1.29 is 9.53 Å². The Balaban J connectivity index is 1.50. The number of carbonyl (C=O) groups excluding carboxylic acids is 1. The average molecular weight is 385 g/mol. The number of rotatable bonds is 4. The lowest BCUT2D eigenvalue weighted by Gasteiger charge is -2.40. The van der Waals surface area contributed by atoms with Gasteiger partial charge in [0.1, 0.15) is 5.60 Å². The SMILES string of the molecule is CC(C)(C)OC(=O)[C@H]1C[C@H]2CCC[C@H]2N[C@H]1c1ccc(NC2CCCC2)cc1. The molecule has 0 radical (unpaired) electrons. The topological polar surface area (TPSA) is 50.4 Å². The molecular formula is C24H36N2O2. The van der Waals surface area contributed by atoms with Gasteiger partial charge in [-0.25, -0.2) is 0 Å². The number of nitrogens with one attached hydrogen (secondary N) is 2. The summed E-state index contributed by atoms with van der Waals surface area (Å²) < 4.78 is 5.80. The lowest BCUT2D eigenvalue weighted by Crippen LogP contribution is -2.48. The molecule has 0 aromatic heterocycles. The van der Waals surface area contributed by atoms with Crippen LogP contribution in [0, 0.1) is 11.8 Å². The Morgan fingerprint density at radius 3 is 2.43 bits per heavy atom. The summed E-state index contributed by atoms with van der Waals surface area (Å²) >= 11 is 0. The molecular weight excluding hydrogens is 348 g/mol. The van der Waals surface area contributed by atoms with E-state index in [9.17, 15) is 4.79 Å². The minimum atomic E-state index is -0.441. The summed E-state index contributed by atoms with van der Waals surface area (Å²) in [5, 5.41) is 7.48. The molecule has 2 aliphatic carbocycles. The van der Waals surface area contributed by atoms with E-state index < -0.39 is 5.60 Å². The van der Waals surface area contributed by atoms with E-state index in [-0.39, 0.29) is 17.9 Å². The summed E-state index contributed by atoms with van der Waals surface area (Å²) in [4.78, 5) is 13.0. The highest BCUT2D eigenvalue weighted by Crippen LogP contribution is 2.42. The summed E-state index contributed by atoms with van der Waals surface area (Å²) in [6.45, 7) is 5.87. The van der Waals surface area contributed by atoms with Crippen molar-refractivity contribution in [2.45, 2.75) is 95.9 Å². The maximum Gasteiger partial charge on any atom is 0.311 e. The Labute approximate surface area is 169 Å². The molecule has 0 unspecified atom stereocenters. The molecule has 28 heavy (non-hydrogen) atoms. The Morgan fingerprint density at radius 1 is 1.04 bits per heavy atom. The smallest absolute Gasteiger partial charge is 0.311 e. The van der Waals surface area contributed by atoms with E-state index in [1.807, 2.05) is 20.8 Å². The second-order valence-corrected chi connectivity index (χ2v) is 10.1. The highest BCUT2D eigenvalue weighted by atomic mass is 16.6.